The molecule has 0 atom stereocenters. The maximum absolute atomic E-state index is 5.41. The van der Waals surface area contributed by atoms with Crippen LogP contribution in [0.25, 0.3) is 0 Å². The van der Waals surface area contributed by atoms with Crippen molar-refractivity contribution in [3.05, 3.63) is 11.8 Å². The van der Waals surface area contributed by atoms with Gasteiger partial charge in [0.1, 0.15) is 0 Å². The summed E-state index contributed by atoms with van der Waals surface area (Å²) in [5, 5.41) is 6.41. The fourth-order valence-electron chi connectivity index (χ4n) is 2.23. The van der Waals surface area contributed by atoms with E-state index in [1.165, 1.54) is 5.57 Å². The molecule has 0 fully saturated rings. The van der Waals surface area contributed by atoms with Gasteiger partial charge in [-0.3, -0.25) is 5.01 Å². The fourth-order valence-corrected chi connectivity index (χ4v) is 3.93. The Balaban J connectivity index is 2.48. The average molecular weight is 301 g/mol. The number of hydrazone groups is 1. The van der Waals surface area contributed by atoms with Crippen LogP contribution in [0.5, 0.6) is 0 Å². The highest BCUT2D eigenvalue weighted by molar-refractivity contribution is 6.60. The van der Waals surface area contributed by atoms with Gasteiger partial charge >= 0.3 is 8.80 Å². The lowest BCUT2D eigenvalue weighted by molar-refractivity contribution is 0.121. The summed E-state index contributed by atoms with van der Waals surface area (Å²) in [6, 6.07) is 0.786. The van der Waals surface area contributed by atoms with Crippen molar-refractivity contribution in [2.24, 2.45) is 5.10 Å². The van der Waals surface area contributed by atoms with Crippen molar-refractivity contribution < 1.29 is 13.3 Å². The van der Waals surface area contributed by atoms with E-state index in [9.17, 15) is 0 Å². The maximum atomic E-state index is 5.41. The van der Waals surface area contributed by atoms with Crippen LogP contribution in [0.1, 0.15) is 33.1 Å². The summed E-state index contributed by atoms with van der Waals surface area (Å²) in [6.07, 6.45) is 5.01. The smallest absolute Gasteiger partial charge is 0.377 e. The number of hydrogen-bond donors (Lipinski definition) is 1. The molecule has 20 heavy (non-hydrogen) atoms. The zero-order valence-electron chi connectivity index (χ0n) is 13.2. The van der Waals surface area contributed by atoms with Crippen molar-refractivity contribution in [1.29, 1.82) is 0 Å². The second-order valence-corrected chi connectivity index (χ2v) is 7.70. The Bertz CT molecular complexity index is 349. The number of hydrogen-bond acceptors (Lipinski definition) is 6. The van der Waals surface area contributed by atoms with Gasteiger partial charge in [0.25, 0.3) is 0 Å². The molecule has 0 aliphatic carbocycles. The summed E-state index contributed by atoms with van der Waals surface area (Å²) in [5.41, 5.74) is 5.49. The van der Waals surface area contributed by atoms with Gasteiger partial charge in [0.15, 0.2) is 0 Å². The molecule has 7 heteroatoms. The zero-order valence-corrected chi connectivity index (χ0v) is 14.2. The molecule has 0 aromatic heterocycles. The monoisotopic (exact) mass is 301 g/mol. The third-order valence-electron chi connectivity index (χ3n) is 3.53. The SMILES string of the molecule is CCC1=CN(CCC[Si](OC)(OC)OC)NN=C1CC. The minimum Gasteiger partial charge on any atom is -0.377 e. The van der Waals surface area contributed by atoms with E-state index in [0.717, 1.165) is 37.6 Å². The van der Waals surface area contributed by atoms with E-state index >= 15 is 0 Å². The van der Waals surface area contributed by atoms with E-state index < -0.39 is 8.80 Å². The molecular formula is C13H27N3O3Si. The average Bonchev–Trinajstić information content (AvgIpc) is 2.51. The lowest BCUT2D eigenvalue weighted by Crippen LogP contribution is -2.44. The molecule has 1 aliphatic rings. The summed E-state index contributed by atoms with van der Waals surface area (Å²) in [6.45, 7) is 5.11. The second-order valence-electron chi connectivity index (χ2n) is 4.61. The molecule has 6 nitrogen and oxygen atoms in total. The summed E-state index contributed by atoms with van der Waals surface area (Å²) in [4.78, 5) is 0. The topological polar surface area (TPSA) is 55.3 Å². The van der Waals surface area contributed by atoms with Crippen molar-refractivity contribution in [2.45, 2.75) is 39.2 Å². The quantitative estimate of drug-likeness (QED) is 0.661. The summed E-state index contributed by atoms with van der Waals surface area (Å²) in [7, 11) is 2.47. The predicted octanol–water partition coefficient (Wildman–Crippen LogP) is 2.13. The van der Waals surface area contributed by atoms with Crippen LogP contribution in [0.4, 0.5) is 0 Å². The molecule has 0 unspecified atom stereocenters. The highest BCUT2D eigenvalue weighted by Gasteiger charge is 2.37. The van der Waals surface area contributed by atoms with Gasteiger partial charge in [-0.25, -0.2) is 5.53 Å². The Morgan fingerprint density at radius 3 is 2.30 bits per heavy atom. The van der Waals surface area contributed by atoms with Crippen molar-refractivity contribution in [1.82, 2.24) is 10.5 Å². The first-order valence-electron chi connectivity index (χ1n) is 7.10. The molecule has 1 heterocycles. The zero-order chi connectivity index (χ0) is 15.0. The van der Waals surface area contributed by atoms with Crippen LogP contribution in [-0.4, -0.2) is 47.4 Å². The molecule has 0 saturated carbocycles. The van der Waals surface area contributed by atoms with Crippen LogP contribution in [0.3, 0.4) is 0 Å². The van der Waals surface area contributed by atoms with Gasteiger partial charge in [-0.1, -0.05) is 13.8 Å². The van der Waals surface area contributed by atoms with Crippen LogP contribution < -0.4 is 5.53 Å². The van der Waals surface area contributed by atoms with Gasteiger partial charge < -0.3 is 13.3 Å². The number of nitrogens with zero attached hydrogens (tertiary/aromatic N) is 2. The molecule has 0 aromatic rings. The Kier molecular flexibility index (Phi) is 7.21. The highest BCUT2D eigenvalue weighted by Crippen LogP contribution is 2.17. The molecule has 0 saturated heterocycles. The van der Waals surface area contributed by atoms with E-state index in [4.69, 9.17) is 13.3 Å². The predicted molar refractivity (Wildman–Crippen MR) is 82.1 cm³/mol. The van der Waals surface area contributed by atoms with E-state index in [2.05, 4.69) is 30.7 Å². The molecule has 1 rings (SSSR count). The number of nitrogens with one attached hydrogen (secondary N) is 1. The molecule has 0 aromatic carbocycles. The Morgan fingerprint density at radius 1 is 1.15 bits per heavy atom. The van der Waals surface area contributed by atoms with Gasteiger partial charge in [0.2, 0.25) is 0 Å². The number of hydrazine groups is 1. The van der Waals surface area contributed by atoms with Crippen molar-refractivity contribution >= 4 is 14.5 Å². The molecular weight excluding hydrogens is 274 g/mol. The molecule has 0 bridgehead atoms. The minimum atomic E-state index is -2.46. The standard InChI is InChI=1S/C13H27N3O3Si/c1-6-12-11-16(15-14-13(12)7-2)9-8-10-20(17-3,18-4)19-5/h11,15H,6-10H2,1-5H3. The van der Waals surface area contributed by atoms with Gasteiger partial charge in [-0.15, -0.1) is 0 Å². The summed E-state index contributed by atoms with van der Waals surface area (Å²) in [5.74, 6) is 0. The summed E-state index contributed by atoms with van der Waals surface area (Å²) >= 11 is 0. The van der Waals surface area contributed by atoms with Gasteiger partial charge in [0.05, 0.1) is 5.71 Å². The third-order valence-corrected chi connectivity index (χ3v) is 6.36. The van der Waals surface area contributed by atoms with Crippen molar-refractivity contribution in [3.8, 4) is 0 Å². The Hall–Kier alpha value is -0.893. The van der Waals surface area contributed by atoms with Gasteiger partial charge in [0, 0.05) is 40.1 Å². The molecule has 116 valence electrons. The van der Waals surface area contributed by atoms with E-state index in [1.807, 2.05) is 5.01 Å². The third kappa shape index (κ3) is 4.31. The van der Waals surface area contributed by atoms with E-state index in [0.29, 0.717) is 0 Å². The van der Waals surface area contributed by atoms with Crippen molar-refractivity contribution in [2.75, 3.05) is 27.9 Å². The fraction of sp³-hybridized carbons (Fsp3) is 0.769. The highest BCUT2D eigenvalue weighted by atomic mass is 28.4. The molecule has 0 radical (unpaired) electrons. The van der Waals surface area contributed by atoms with Crippen LogP contribution >= 0.6 is 0 Å². The van der Waals surface area contributed by atoms with Crippen LogP contribution in [0.2, 0.25) is 6.04 Å². The summed E-state index contributed by atoms with van der Waals surface area (Å²) < 4.78 is 16.2. The largest absolute Gasteiger partial charge is 0.500 e. The van der Waals surface area contributed by atoms with Gasteiger partial charge in [-0.05, 0) is 24.8 Å². The lowest BCUT2D eigenvalue weighted by Gasteiger charge is -2.28. The molecule has 1 aliphatic heterocycles. The van der Waals surface area contributed by atoms with Gasteiger partial charge in [-0.2, -0.15) is 5.10 Å². The van der Waals surface area contributed by atoms with E-state index in [1.54, 1.807) is 21.3 Å². The molecule has 0 amide bonds. The van der Waals surface area contributed by atoms with Crippen molar-refractivity contribution in [3.63, 3.8) is 0 Å². The first kappa shape index (κ1) is 17.2. The second kappa shape index (κ2) is 8.41. The molecule has 1 N–H and O–H groups in total. The number of rotatable bonds is 9. The maximum Gasteiger partial charge on any atom is 0.500 e. The Labute approximate surface area is 123 Å². The Morgan fingerprint density at radius 2 is 1.80 bits per heavy atom. The number of allylic oxidation sites excluding steroid dienone is 1. The first-order valence-corrected chi connectivity index (χ1v) is 9.03. The molecule has 0 spiro atoms. The normalized spacial score (nSPS) is 15.8. The van der Waals surface area contributed by atoms with Crippen LogP contribution in [0, 0.1) is 0 Å². The first-order chi connectivity index (χ1) is 9.64. The van der Waals surface area contributed by atoms with Crippen LogP contribution in [-0.2, 0) is 13.3 Å². The lowest BCUT2D eigenvalue weighted by atomic mass is 10.1. The van der Waals surface area contributed by atoms with E-state index in [-0.39, 0.29) is 0 Å². The minimum absolute atomic E-state index is 0.786. The van der Waals surface area contributed by atoms with Crippen LogP contribution in [0.15, 0.2) is 16.9 Å².